The third-order valence-electron chi connectivity index (χ3n) is 6.72. The molecule has 0 fully saturated rings. The fraction of sp³-hybridized carbons (Fsp3) is 0.464. The van der Waals surface area contributed by atoms with Crippen LogP contribution in [0, 0.1) is 5.92 Å². The number of anilines is 1. The van der Waals surface area contributed by atoms with Crippen LogP contribution in [0.15, 0.2) is 36.7 Å². The van der Waals surface area contributed by atoms with E-state index in [9.17, 15) is 4.79 Å². The second kappa shape index (κ2) is 11.9. The molecule has 3 heterocycles. The fourth-order valence-corrected chi connectivity index (χ4v) is 6.29. The van der Waals surface area contributed by atoms with Gasteiger partial charge in [-0.1, -0.05) is 13.8 Å². The van der Waals surface area contributed by atoms with Crippen molar-refractivity contribution < 1.29 is 19.0 Å². The summed E-state index contributed by atoms with van der Waals surface area (Å²) in [6, 6.07) is 7.17. The predicted octanol–water partition coefficient (Wildman–Crippen LogP) is 5.85. The first-order chi connectivity index (χ1) is 17.8. The highest BCUT2D eigenvalue weighted by Crippen LogP contribution is 2.42. The Labute approximate surface area is 223 Å². The summed E-state index contributed by atoms with van der Waals surface area (Å²) in [6.07, 6.45) is 7.01. The SMILES string of the molecule is COc1cc(NC(=O)N[C@@H](CCC(C)C)c2c(-n3cccc3)sc3c2CCN(C)C3)cc(OC)c1OC. The number of hydrogen-bond acceptors (Lipinski definition) is 6. The molecule has 0 spiro atoms. The molecule has 2 aromatic heterocycles. The first kappa shape index (κ1) is 26.9. The quantitative estimate of drug-likeness (QED) is 0.347. The zero-order valence-electron chi connectivity index (χ0n) is 22.6. The summed E-state index contributed by atoms with van der Waals surface area (Å²) in [5, 5.41) is 7.48. The van der Waals surface area contributed by atoms with Crippen molar-refractivity contribution >= 4 is 23.1 Å². The van der Waals surface area contributed by atoms with Gasteiger partial charge in [0.2, 0.25) is 5.75 Å². The highest BCUT2D eigenvalue weighted by atomic mass is 32.1. The summed E-state index contributed by atoms with van der Waals surface area (Å²) in [4.78, 5) is 17.1. The number of carbonyl (C=O) groups excluding carboxylic acids is 1. The van der Waals surface area contributed by atoms with Crippen molar-refractivity contribution in [2.45, 2.75) is 45.7 Å². The molecule has 0 saturated carbocycles. The summed E-state index contributed by atoms with van der Waals surface area (Å²) < 4.78 is 18.5. The summed E-state index contributed by atoms with van der Waals surface area (Å²) in [5.41, 5.74) is 3.19. The lowest BCUT2D eigenvalue weighted by Crippen LogP contribution is -2.34. The molecule has 1 atom stereocenters. The molecule has 3 aromatic rings. The Morgan fingerprint density at radius 1 is 1.05 bits per heavy atom. The van der Waals surface area contributed by atoms with Crippen molar-refractivity contribution in [3.05, 3.63) is 52.7 Å². The number of methoxy groups -OCH3 is 3. The van der Waals surface area contributed by atoms with Gasteiger partial charge < -0.3 is 34.3 Å². The van der Waals surface area contributed by atoms with Crippen LogP contribution in [-0.2, 0) is 13.0 Å². The number of carbonyl (C=O) groups is 1. The fourth-order valence-electron chi connectivity index (χ4n) is 4.83. The average molecular weight is 527 g/mol. The van der Waals surface area contributed by atoms with E-state index in [1.807, 2.05) is 23.5 Å². The molecule has 9 heteroatoms. The number of aromatic nitrogens is 1. The van der Waals surface area contributed by atoms with E-state index >= 15 is 0 Å². The Morgan fingerprint density at radius 2 is 1.73 bits per heavy atom. The van der Waals surface area contributed by atoms with Gasteiger partial charge in [-0.15, -0.1) is 11.3 Å². The molecule has 4 rings (SSSR count). The summed E-state index contributed by atoms with van der Waals surface area (Å²) in [7, 11) is 6.84. The molecule has 0 saturated heterocycles. The van der Waals surface area contributed by atoms with Crippen LogP contribution in [0.25, 0.3) is 5.00 Å². The van der Waals surface area contributed by atoms with Crippen molar-refractivity contribution in [2.75, 3.05) is 40.2 Å². The maximum Gasteiger partial charge on any atom is 0.319 e. The second-order valence-electron chi connectivity index (χ2n) is 9.84. The Bertz CT molecular complexity index is 1180. The number of rotatable bonds is 10. The van der Waals surface area contributed by atoms with E-state index in [1.165, 1.54) is 21.0 Å². The molecular formula is C28H38N4O4S. The molecule has 0 radical (unpaired) electrons. The van der Waals surface area contributed by atoms with E-state index in [-0.39, 0.29) is 12.1 Å². The van der Waals surface area contributed by atoms with Crippen molar-refractivity contribution in [3.63, 3.8) is 0 Å². The van der Waals surface area contributed by atoms with E-state index in [0.717, 1.165) is 32.4 Å². The lowest BCUT2D eigenvalue weighted by Gasteiger charge is -2.26. The molecule has 2 amide bonds. The van der Waals surface area contributed by atoms with E-state index in [4.69, 9.17) is 14.2 Å². The van der Waals surface area contributed by atoms with Crippen molar-refractivity contribution in [2.24, 2.45) is 5.92 Å². The minimum absolute atomic E-state index is 0.120. The van der Waals surface area contributed by atoms with Gasteiger partial charge in [0.1, 0.15) is 5.00 Å². The van der Waals surface area contributed by atoms with Crippen LogP contribution >= 0.6 is 11.3 Å². The highest BCUT2D eigenvalue weighted by molar-refractivity contribution is 7.15. The molecule has 0 unspecified atom stereocenters. The van der Waals surface area contributed by atoms with Crippen LogP contribution in [0.4, 0.5) is 10.5 Å². The lowest BCUT2D eigenvalue weighted by molar-refractivity contribution is 0.247. The summed E-state index contributed by atoms with van der Waals surface area (Å²) in [6.45, 7) is 6.38. The Hall–Kier alpha value is -3.17. The van der Waals surface area contributed by atoms with Crippen molar-refractivity contribution in [1.82, 2.24) is 14.8 Å². The lowest BCUT2D eigenvalue weighted by atomic mass is 9.92. The van der Waals surface area contributed by atoms with E-state index in [0.29, 0.717) is 28.9 Å². The molecule has 37 heavy (non-hydrogen) atoms. The largest absolute Gasteiger partial charge is 0.493 e. The maximum atomic E-state index is 13.4. The number of urea groups is 1. The monoisotopic (exact) mass is 526 g/mol. The first-order valence-corrected chi connectivity index (χ1v) is 13.5. The topological polar surface area (TPSA) is 77.0 Å². The number of thiophene rings is 1. The molecular weight excluding hydrogens is 488 g/mol. The number of nitrogens with zero attached hydrogens (tertiary/aromatic N) is 2. The van der Waals surface area contributed by atoms with E-state index < -0.39 is 0 Å². The van der Waals surface area contributed by atoms with E-state index in [2.05, 4.69) is 53.4 Å². The molecule has 1 aromatic carbocycles. The van der Waals surface area contributed by atoms with Crippen LogP contribution in [0.1, 0.15) is 48.7 Å². The van der Waals surface area contributed by atoms with Gasteiger partial charge in [-0.2, -0.15) is 0 Å². The van der Waals surface area contributed by atoms with Gasteiger partial charge in [-0.3, -0.25) is 0 Å². The van der Waals surface area contributed by atoms with Crippen molar-refractivity contribution in [1.29, 1.82) is 0 Å². The van der Waals surface area contributed by atoms with Crippen LogP contribution < -0.4 is 24.8 Å². The van der Waals surface area contributed by atoms with Gasteiger partial charge in [0, 0.05) is 48.1 Å². The molecule has 1 aliphatic heterocycles. The third kappa shape index (κ3) is 6.05. The Kier molecular flexibility index (Phi) is 8.66. The smallest absolute Gasteiger partial charge is 0.319 e. The third-order valence-corrected chi connectivity index (χ3v) is 7.96. The van der Waals surface area contributed by atoms with Gasteiger partial charge in [0.15, 0.2) is 11.5 Å². The zero-order chi connectivity index (χ0) is 26.5. The van der Waals surface area contributed by atoms with Crippen LogP contribution in [0.5, 0.6) is 17.2 Å². The molecule has 0 aliphatic carbocycles. The number of ether oxygens (including phenoxy) is 3. The van der Waals surface area contributed by atoms with Gasteiger partial charge in [0.05, 0.1) is 33.1 Å². The first-order valence-electron chi connectivity index (χ1n) is 12.7. The predicted molar refractivity (Wildman–Crippen MR) is 149 cm³/mol. The molecule has 8 nitrogen and oxygen atoms in total. The molecule has 2 N–H and O–H groups in total. The standard InChI is InChI=1S/C28H38N4O4S/c1-18(2)9-10-21(30-28(33)29-19-15-22(34-4)26(36-6)23(16-19)35-5)25-20-11-14-31(3)17-24(20)37-27(25)32-12-7-8-13-32/h7-8,12-13,15-16,18,21H,9-11,14,17H2,1-6H3,(H2,29,30,33)/t21-/m0/s1. The van der Waals surface area contributed by atoms with Gasteiger partial charge in [0.25, 0.3) is 0 Å². The highest BCUT2D eigenvalue weighted by Gasteiger charge is 2.29. The maximum absolute atomic E-state index is 13.4. The van der Waals surface area contributed by atoms with E-state index in [1.54, 1.807) is 33.5 Å². The second-order valence-corrected chi connectivity index (χ2v) is 10.9. The Morgan fingerprint density at radius 3 is 2.32 bits per heavy atom. The molecule has 1 aliphatic rings. The number of nitrogens with one attached hydrogen (secondary N) is 2. The number of hydrogen-bond donors (Lipinski definition) is 2. The van der Waals surface area contributed by atoms with Gasteiger partial charge in [-0.25, -0.2) is 4.79 Å². The van der Waals surface area contributed by atoms with Gasteiger partial charge in [-0.05, 0) is 49.9 Å². The number of benzene rings is 1. The minimum Gasteiger partial charge on any atom is -0.493 e. The van der Waals surface area contributed by atoms with Gasteiger partial charge >= 0.3 is 6.03 Å². The zero-order valence-corrected chi connectivity index (χ0v) is 23.4. The molecule has 200 valence electrons. The van der Waals surface area contributed by atoms with Crippen LogP contribution in [0.2, 0.25) is 0 Å². The van der Waals surface area contributed by atoms with Crippen LogP contribution in [0.3, 0.4) is 0 Å². The summed E-state index contributed by atoms with van der Waals surface area (Å²) in [5.74, 6) is 1.98. The normalized spacial score (nSPS) is 14.2. The number of fused-ring (bicyclic) bond motifs is 1. The number of likely N-dealkylation sites (N-methyl/N-ethyl adjacent to an activating group) is 1. The minimum atomic E-state index is -0.269. The summed E-state index contributed by atoms with van der Waals surface area (Å²) >= 11 is 1.83. The average Bonchev–Trinajstić information content (AvgIpc) is 3.53. The van der Waals surface area contributed by atoms with Crippen LogP contribution in [-0.4, -0.2) is 50.4 Å². The van der Waals surface area contributed by atoms with Crippen molar-refractivity contribution in [3.8, 4) is 22.2 Å². The molecule has 0 bridgehead atoms. The number of amides is 2. The Balaban J connectivity index is 1.66.